The molecule has 1 fully saturated rings. The highest BCUT2D eigenvalue weighted by molar-refractivity contribution is 5.37. The fourth-order valence-electron chi connectivity index (χ4n) is 3.38. The molecule has 1 aliphatic carbocycles. The number of benzene rings is 1. The van der Waals surface area contributed by atoms with E-state index in [1.165, 1.54) is 47.9 Å². The summed E-state index contributed by atoms with van der Waals surface area (Å²) in [7, 11) is 2.26. The van der Waals surface area contributed by atoms with Crippen molar-refractivity contribution in [2.45, 2.75) is 65.1 Å². The molecular formula is C17H28N2. The minimum Gasteiger partial charge on any atom is -0.328 e. The number of nitrogens with two attached hydrogens (primary N) is 1. The second kappa shape index (κ2) is 6.06. The van der Waals surface area contributed by atoms with Crippen LogP contribution in [0.1, 0.15) is 47.9 Å². The molecule has 1 saturated carbocycles. The number of hydrogen-bond acceptors (Lipinski definition) is 2. The van der Waals surface area contributed by atoms with E-state index in [2.05, 4.69) is 44.9 Å². The molecule has 19 heavy (non-hydrogen) atoms. The molecule has 0 bridgehead atoms. The summed E-state index contributed by atoms with van der Waals surface area (Å²) < 4.78 is 0. The zero-order chi connectivity index (χ0) is 14.0. The third-order valence-corrected chi connectivity index (χ3v) is 4.61. The molecule has 1 aromatic carbocycles. The number of nitrogens with zero attached hydrogens (tertiary/aromatic N) is 1. The van der Waals surface area contributed by atoms with Gasteiger partial charge in [-0.05, 0) is 70.2 Å². The summed E-state index contributed by atoms with van der Waals surface area (Å²) in [6, 6.07) is 5.74. The molecule has 2 nitrogen and oxygen atoms in total. The second-order valence-corrected chi connectivity index (χ2v) is 6.36. The smallest absolute Gasteiger partial charge is 0.0238 e. The number of hydrogen-bond donors (Lipinski definition) is 1. The van der Waals surface area contributed by atoms with Crippen molar-refractivity contribution >= 4 is 0 Å². The minimum absolute atomic E-state index is 0.437. The van der Waals surface area contributed by atoms with Crippen LogP contribution in [0, 0.1) is 20.8 Å². The predicted molar refractivity (Wildman–Crippen MR) is 82.4 cm³/mol. The summed E-state index contributed by atoms with van der Waals surface area (Å²) in [4.78, 5) is 2.52. The van der Waals surface area contributed by atoms with Crippen LogP contribution in [0.3, 0.4) is 0 Å². The Labute approximate surface area is 118 Å². The van der Waals surface area contributed by atoms with Crippen LogP contribution >= 0.6 is 0 Å². The molecule has 0 saturated heterocycles. The molecule has 106 valence electrons. The molecular weight excluding hydrogens is 232 g/mol. The normalized spacial score (nSPS) is 23.9. The van der Waals surface area contributed by atoms with Crippen LogP contribution in [0.15, 0.2) is 12.1 Å². The van der Waals surface area contributed by atoms with Gasteiger partial charge >= 0.3 is 0 Å². The number of rotatable bonds is 3. The Hall–Kier alpha value is -0.860. The highest BCUT2D eigenvalue weighted by Gasteiger charge is 2.22. The van der Waals surface area contributed by atoms with Crippen molar-refractivity contribution < 1.29 is 0 Å². The van der Waals surface area contributed by atoms with Crippen LogP contribution in [0.4, 0.5) is 0 Å². The Morgan fingerprint density at radius 2 is 1.58 bits per heavy atom. The zero-order valence-corrected chi connectivity index (χ0v) is 12.9. The van der Waals surface area contributed by atoms with E-state index in [-0.39, 0.29) is 0 Å². The summed E-state index contributed by atoms with van der Waals surface area (Å²) in [6.07, 6.45) is 4.87. The summed E-state index contributed by atoms with van der Waals surface area (Å²) >= 11 is 0. The quantitative estimate of drug-likeness (QED) is 0.903. The molecule has 1 aliphatic rings. The van der Waals surface area contributed by atoms with E-state index < -0.39 is 0 Å². The van der Waals surface area contributed by atoms with Crippen LogP contribution in [0.5, 0.6) is 0 Å². The number of aryl methyl sites for hydroxylation is 3. The zero-order valence-electron chi connectivity index (χ0n) is 12.9. The second-order valence-electron chi connectivity index (χ2n) is 6.36. The molecule has 2 heteroatoms. The minimum atomic E-state index is 0.437. The molecule has 0 atom stereocenters. The molecule has 1 aromatic rings. The van der Waals surface area contributed by atoms with Crippen molar-refractivity contribution in [3.8, 4) is 0 Å². The monoisotopic (exact) mass is 260 g/mol. The third-order valence-electron chi connectivity index (χ3n) is 4.61. The lowest BCUT2D eigenvalue weighted by atomic mass is 9.90. The fraction of sp³-hybridized carbons (Fsp3) is 0.647. The first-order chi connectivity index (χ1) is 8.97. The SMILES string of the molecule is Cc1cc(C)c(CN(C)C2CCC(N)CC2)c(C)c1. The lowest BCUT2D eigenvalue weighted by Gasteiger charge is -2.34. The van der Waals surface area contributed by atoms with Crippen molar-refractivity contribution in [3.05, 3.63) is 34.4 Å². The van der Waals surface area contributed by atoms with Crippen molar-refractivity contribution in [1.29, 1.82) is 0 Å². The van der Waals surface area contributed by atoms with Gasteiger partial charge in [0.15, 0.2) is 0 Å². The van der Waals surface area contributed by atoms with E-state index in [9.17, 15) is 0 Å². The van der Waals surface area contributed by atoms with Gasteiger partial charge in [0, 0.05) is 18.6 Å². The summed E-state index contributed by atoms with van der Waals surface area (Å²) in [6.45, 7) is 7.72. The molecule has 2 N–H and O–H groups in total. The molecule has 0 unspecified atom stereocenters. The molecule has 2 rings (SSSR count). The molecule has 0 aromatic heterocycles. The Bertz CT molecular complexity index is 408. The van der Waals surface area contributed by atoms with Gasteiger partial charge < -0.3 is 5.73 Å². The maximum absolute atomic E-state index is 6.00. The topological polar surface area (TPSA) is 29.3 Å². The van der Waals surface area contributed by atoms with Gasteiger partial charge in [0.25, 0.3) is 0 Å². The highest BCUT2D eigenvalue weighted by Crippen LogP contribution is 2.24. The van der Waals surface area contributed by atoms with Crippen LogP contribution in [-0.2, 0) is 6.54 Å². The largest absolute Gasteiger partial charge is 0.328 e. The Morgan fingerprint density at radius 1 is 1.05 bits per heavy atom. The fourth-order valence-corrected chi connectivity index (χ4v) is 3.38. The van der Waals surface area contributed by atoms with Gasteiger partial charge in [-0.25, -0.2) is 0 Å². The van der Waals surface area contributed by atoms with E-state index in [1.807, 2.05) is 0 Å². The van der Waals surface area contributed by atoms with Crippen molar-refractivity contribution in [2.24, 2.45) is 5.73 Å². The molecule has 0 heterocycles. The molecule has 0 radical (unpaired) electrons. The van der Waals surface area contributed by atoms with Crippen LogP contribution < -0.4 is 5.73 Å². The molecule has 0 amide bonds. The Kier molecular flexibility index (Phi) is 4.64. The van der Waals surface area contributed by atoms with Gasteiger partial charge in [-0.3, -0.25) is 4.90 Å². The first-order valence-corrected chi connectivity index (χ1v) is 7.50. The maximum atomic E-state index is 6.00. The first-order valence-electron chi connectivity index (χ1n) is 7.50. The Balaban J connectivity index is 2.04. The summed E-state index contributed by atoms with van der Waals surface area (Å²) in [5.41, 5.74) is 11.7. The van der Waals surface area contributed by atoms with E-state index >= 15 is 0 Å². The van der Waals surface area contributed by atoms with Gasteiger partial charge in [0.1, 0.15) is 0 Å². The molecule has 0 aliphatic heterocycles. The van der Waals surface area contributed by atoms with Crippen molar-refractivity contribution in [1.82, 2.24) is 4.90 Å². The first kappa shape index (κ1) is 14.5. The van der Waals surface area contributed by atoms with Crippen LogP contribution in [0.25, 0.3) is 0 Å². The standard InChI is InChI=1S/C17H28N2/c1-12-9-13(2)17(14(3)10-12)11-19(4)16-7-5-15(18)6-8-16/h9-10,15-16H,5-8,11,18H2,1-4H3. The van der Waals surface area contributed by atoms with Crippen molar-refractivity contribution in [3.63, 3.8) is 0 Å². The van der Waals surface area contributed by atoms with Gasteiger partial charge in [-0.2, -0.15) is 0 Å². The van der Waals surface area contributed by atoms with Gasteiger partial charge in [-0.15, -0.1) is 0 Å². The average molecular weight is 260 g/mol. The van der Waals surface area contributed by atoms with E-state index in [4.69, 9.17) is 5.73 Å². The lowest BCUT2D eigenvalue weighted by molar-refractivity contribution is 0.176. The third kappa shape index (κ3) is 3.58. The average Bonchev–Trinajstić information content (AvgIpc) is 2.34. The summed E-state index contributed by atoms with van der Waals surface area (Å²) in [5.74, 6) is 0. The van der Waals surface area contributed by atoms with E-state index in [0.29, 0.717) is 12.1 Å². The van der Waals surface area contributed by atoms with E-state index in [1.54, 1.807) is 0 Å². The van der Waals surface area contributed by atoms with Gasteiger partial charge in [0.05, 0.1) is 0 Å². The van der Waals surface area contributed by atoms with Crippen LogP contribution in [-0.4, -0.2) is 24.0 Å². The summed E-state index contributed by atoms with van der Waals surface area (Å²) in [5, 5.41) is 0. The maximum Gasteiger partial charge on any atom is 0.0238 e. The van der Waals surface area contributed by atoms with Gasteiger partial charge in [-0.1, -0.05) is 17.7 Å². The van der Waals surface area contributed by atoms with Crippen LogP contribution in [0.2, 0.25) is 0 Å². The van der Waals surface area contributed by atoms with E-state index in [0.717, 1.165) is 6.54 Å². The molecule has 0 spiro atoms. The highest BCUT2D eigenvalue weighted by atomic mass is 15.1. The Morgan fingerprint density at radius 3 is 2.11 bits per heavy atom. The van der Waals surface area contributed by atoms with Crippen molar-refractivity contribution in [2.75, 3.05) is 7.05 Å². The predicted octanol–water partition coefficient (Wildman–Crippen LogP) is 3.31. The lowest BCUT2D eigenvalue weighted by Crippen LogP contribution is -2.38. The van der Waals surface area contributed by atoms with Gasteiger partial charge in [0.2, 0.25) is 0 Å².